The van der Waals surface area contributed by atoms with Gasteiger partial charge in [-0.05, 0) is 55.0 Å². The quantitative estimate of drug-likeness (QED) is 0.796. The number of amides is 1. The van der Waals surface area contributed by atoms with E-state index in [-0.39, 0.29) is 11.3 Å². The molecular formula is C24H31N3O. The van der Waals surface area contributed by atoms with E-state index in [0.29, 0.717) is 11.5 Å². The van der Waals surface area contributed by atoms with E-state index in [2.05, 4.69) is 48.0 Å². The maximum absolute atomic E-state index is 12.8. The number of benzene rings is 1. The third-order valence-electron chi connectivity index (χ3n) is 6.43. The number of carbonyl (C=O) groups excluding carboxylic acids is 1. The first-order chi connectivity index (χ1) is 13.5. The summed E-state index contributed by atoms with van der Waals surface area (Å²) in [4.78, 5) is 21.5. The number of carbonyl (C=O) groups is 1. The molecule has 0 bridgehead atoms. The summed E-state index contributed by atoms with van der Waals surface area (Å²) in [5.41, 5.74) is 3.76. The van der Waals surface area contributed by atoms with Crippen molar-refractivity contribution in [2.24, 2.45) is 5.41 Å². The molecule has 2 aliphatic rings. The van der Waals surface area contributed by atoms with Crippen molar-refractivity contribution in [1.29, 1.82) is 0 Å². The van der Waals surface area contributed by atoms with Crippen LogP contribution in [0.2, 0.25) is 0 Å². The Labute approximate surface area is 168 Å². The second-order valence-electron chi connectivity index (χ2n) is 8.93. The Morgan fingerprint density at radius 2 is 1.93 bits per heavy atom. The van der Waals surface area contributed by atoms with E-state index in [0.717, 1.165) is 39.1 Å². The topological polar surface area (TPSA) is 36.4 Å². The molecule has 1 amide bonds. The molecule has 4 nitrogen and oxygen atoms in total. The van der Waals surface area contributed by atoms with Crippen molar-refractivity contribution >= 4 is 5.91 Å². The lowest BCUT2D eigenvalue weighted by atomic mass is 9.79. The Morgan fingerprint density at radius 3 is 2.64 bits per heavy atom. The van der Waals surface area contributed by atoms with Crippen molar-refractivity contribution in [2.75, 3.05) is 26.2 Å². The fourth-order valence-electron chi connectivity index (χ4n) is 4.82. The number of pyridine rings is 1. The van der Waals surface area contributed by atoms with Crippen LogP contribution in [0.4, 0.5) is 0 Å². The second kappa shape index (κ2) is 8.04. The van der Waals surface area contributed by atoms with Crippen LogP contribution in [0.15, 0.2) is 48.8 Å². The Morgan fingerprint density at radius 1 is 1.11 bits per heavy atom. The molecule has 2 fully saturated rings. The van der Waals surface area contributed by atoms with Crippen molar-refractivity contribution in [3.63, 3.8) is 0 Å². The molecule has 28 heavy (non-hydrogen) atoms. The molecule has 3 heterocycles. The van der Waals surface area contributed by atoms with Gasteiger partial charge in [0.05, 0.1) is 5.56 Å². The van der Waals surface area contributed by atoms with Crippen LogP contribution in [-0.4, -0.2) is 46.9 Å². The Hall–Kier alpha value is -2.20. The van der Waals surface area contributed by atoms with Crippen LogP contribution >= 0.6 is 0 Å². The predicted octanol–water partition coefficient (Wildman–Crippen LogP) is 4.33. The molecule has 4 heteroatoms. The van der Waals surface area contributed by atoms with Crippen LogP contribution < -0.4 is 0 Å². The maximum Gasteiger partial charge on any atom is 0.255 e. The fraction of sp³-hybridized carbons (Fsp3) is 0.500. The van der Waals surface area contributed by atoms with E-state index in [1.165, 1.54) is 24.0 Å². The van der Waals surface area contributed by atoms with Crippen molar-refractivity contribution in [1.82, 2.24) is 14.8 Å². The number of hydrogen-bond acceptors (Lipinski definition) is 3. The van der Waals surface area contributed by atoms with Crippen molar-refractivity contribution < 1.29 is 4.79 Å². The van der Waals surface area contributed by atoms with Crippen LogP contribution in [0, 0.1) is 5.41 Å². The van der Waals surface area contributed by atoms with Crippen LogP contribution in [0.5, 0.6) is 0 Å². The van der Waals surface area contributed by atoms with E-state index < -0.39 is 0 Å². The van der Waals surface area contributed by atoms with E-state index >= 15 is 0 Å². The van der Waals surface area contributed by atoms with Gasteiger partial charge in [-0.1, -0.05) is 38.1 Å². The van der Waals surface area contributed by atoms with Gasteiger partial charge in [0.15, 0.2) is 0 Å². The van der Waals surface area contributed by atoms with Gasteiger partial charge < -0.3 is 4.90 Å². The molecule has 2 aliphatic heterocycles. The monoisotopic (exact) mass is 377 g/mol. The molecule has 0 unspecified atom stereocenters. The minimum Gasteiger partial charge on any atom is -0.338 e. The van der Waals surface area contributed by atoms with Crippen molar-refractivity contribution in [3.05, 3.63) is 65.5 Å². The average Bonchev–Trinajstić information content (AvgIpc) is 3.11. The first-order valence-corrected chi connectivity index (χ1v) is 10.6. The van der Waals surface area contributed by atoms with Crippen molar-refractivity contribution in [3.8, 4) is 0 Å². The van der Waals surface area contributed by atoms with Gasteiger partial charge in [0.2, 0.25) is 0 Å². The second-order valence-corrected chi connectivity index (χ2v) is 8.93. The predicted molar refractivity (Wildman–Crippen MR) is 112 cm³/mol. The van der Waals surface area contributed by atoms with Gasteiger partial charge in [-0.3, -0.25) is 14.7 Å². The lowest BCUT2D eigenvalue weighted by Crippen LogP contribution is -2.45. The van der Waals surface area contributed by atoms with E-state index in [9.17, 15) is 4.79 Å². The number of aromatic nitrogens is 1. The zero-order chi connectivity index (χ0) is 19.6. The first-order valence-electron chi connectivity index (χ1n) is 10.6. The van der Waals surface area contributed by atoms with Gasteiger partial charge in [0.1, 0.15) is 0 Å². The highest BCUT2D eigenvalue weighted by molar-refractivity contribution is 5.94. The van der Waals surface area contributed by atoms with Gasteiger partial charge in [0.25, 0.3) is 5.91 Å². The SMILES string of the molecule is CC(C)c1ccc(CN2CCC[C@@]3(CCN(C(=O)c4cccnc4)C3)C2)cc1. The summed E-state index contributed by atoms with van der Waals surface area (Å²) in [5.74, 6) is 0.709. The summed E-state index contributed by atoms with van der Waals surface area (Å²) < 4.78 is 0. The van der Waals surface area contributed by atoms with Crippen LogP contribution in [0.1, 0.15) is 60.5 Å². The molecule has 148 valence electrons. The van der Waals surface area contributed by atoms with E-state index in [1.807, 2.05) is 17.0 Å². The van der Waals surface area contributed by atoms with Crippen LogP contribution in [0.25, 0.3) is 0 Å². The number of hydrogen-bond donors (Lipinski definition) is 0. The molecule has 1 atom stereocenters. The molecule has 0 aliphatic carbocycles. The third-order valence-corrected chi connectivity index (χ3v) is 6.43. The molecule has 1 aromatic heterocycles. The van der Waals surface area contributed by atoms with Gasteiger partial charge >= 0.3 is 0 Å². The summed E-state index contributed by atoms with van der Waals surface area (Å²) in [7, 11) is 0. The summed E-state index contributed by atoms with van der Waals surface area (Å²) in [6.07, 6.45) is 6.96. The number of rotatable bonds is 4. The van der Waals surface area contributed by atoms with E-state index in [4.69, 9.17) is 0 Å². The summed E-state index contributed by atoms with van der Waals surface area (Å²) >= 11 is 0. The summed E-state index contributed by atoms with van der Waals surface area (Å²) in [5, 5.41) is 0. The number of piperidine rings is 1. The fourth-order valence-corrected chi connectivity index (χ4v) is 4.82. The van der Waals surface area contributed by atoms with Crippen molar-refractivity contribution in [2.45, 2.75) is 45.6 Å². The standard InChI is InChI=1S/C24H31N3O/c1-19(2)21-8-6-20(7-9-21)16-26-13-4-10-24(17-26)11-14-27(18-24)23(28)22-5-3-12-25-15-22/h3,5-9,12,15,19H,4,10-11,13-14,16-18H2,1-2H3/t24-/m1/s1. The summed E-state index contributed by atoms with van der Waals surface area (Å²) in [6.45, 7) is 9.48. The minimum atomic E-state index is 0.131. The molecule has 0 N–H and O–H groups in total. The lowest BCUT2D eigenvalue weighted by Gasteiger charge is -2.40. The molecular weight excluding hydrogens is 346 g/mol. The van der Waals surface area contributed by atoms with Crippen LogP contribution in [-0.2, 0) is 6.54 Å². The Kier molecular flexibility index (Phi) is 5.49. The van der Waals surface area contributed by atoms with Gasteiger partial charge in [-0.25, -0.2) is 0 Å². The van der Waals surface area contributed by atoms with Gasteiger partial charge in [0, 0.05) is 44.0 Å². The zero-order valence-electron chi connectivity index (χ0n) is 17.1. The highest BCUT2D eigenvalue weighted by Crippen LogP contribution is 2.39. The largest absolute Gasteiger partial charge is 0.338 e. The molecule has 0 radical (unpaired) electrons. The first kappa shape index (κ1) is 19.1. The minimum absolute atomic E-state index is 0.131. The molecule has 1 spiro atoms. The Bertz CT molecular complexity index is 802. The third kappa shape index (κ3) is 4.12. The van der Waals surface area contributed by atoms with Crippen LogP contribution in [0.3, 0.4) is 0 Å². The normalized spacial score (nSPS) is 22.9. The number of likely N-dealkylation sites (tertiary alicyclic amines) is 2. The average molecular weight is 378 g/mol. The highest BCUT2D eigenvalue weighted by atomic mass is 16.2. The smallest absolute Gasteiger partial charge is 0.255 e. The molecule has 2 aromatic rings. The molecule has 1 aromatic carbocycles. The Balaban J connectivity index is 1.39. The van der Waals surface area contributed by atoms with Gasteiger partial charge in [-0.2, -0.15) is 0 Å². The summed E-state index contributed by atoms with van der Waals surface area (Å²) in [6, 6.07) is 12.8. The van der Waals surface area contributed by atoms with Gasteiger partial charge in [-0.15, -0.1) is 0 Å². The highest BCUT2D eigenvalue weighted by Gasteiger charge is 2.42. The van der Waals surface area contributed by atoms with E-state index in [1.54, 1.807) is 12.4 Å². The lowest BCUT2D eigenvalue weighted by molar-refractivity contribution is 0.0675. The maximum atomic E-state index is 12.8. The zero-order valence-corrected chi connectivity index (χ0v) is 17.1. The molecule has 0 saturated carbocycles. The number of nitrogens with zero attached hydrogens (tertiary/aromatic N) is 3. The molecule has 2 saturated heterocycles. The molecule has 4 rings (SSSR count).